The molecule has 16 heavy (non-hydrogen) atoms. The fourth-order valence-corrected chi connectivity index (χ4v) is 1.59. The molecule has 2 nitrogen and oxygen atoms in total. The molecule has 4 heteroatoms. The molecule has 1 rings (SSSR count). The Kier molecular flexibility index (Phi) is 4.36. The molecule has 0 unspecified atom stereocenters. The standard InChI is InChI=1S/C12H14Cl2O2/c1-12(2,3)16-7-11(15)9-5-4-8(13)6-10(9)14/h4-6H,7H2,1-3H3. The third-order valence-corrected chi connectivity index (χ3v) is 2.42. The van der Waals surface area contributed by atoms with E-state index in [-0.39, 0.29) is 18.0 Å². The molecule has 0 saturated carbocycles. The topological polar surface area (TPSA) is 26.3 Å². The van der Waals surface area contributed by atoms with Crippen molar-refractivity contribution in [3.05, 3.63) is 33.8 Å². The average Bonchev–Trinajstić information content (AvgIpc) is 2.13. The fraction of sp³-hybridized carbons (Fsp3) is 0.417. The summed E-state index contributed by atoms with van der Waals surface area (Å²) in [5.74, 6) is -0.142. The number of carbonyl (C=O) groups excluding carboxylic acids is 1. The normalized spacial score (nSPS) is 11.6. The first-order valence-corrected chi connectivity index (χ1v) is 5.67. The molecule has 1 aromatic rings. The zero-order valence-electron chi connectivity index (χ0n) is 9.51. The SMILES string of the molecule is CC(C)(C)OCC(=O)c1ccc(Cl)cc1Cl. The number of hydrogen-bond acceptors (Lipinski definition) is 2. The van der Waals surface area contributed by atoms with E-state index in [4.69, 9.17) is 27.9 Å². The monoisotopic (exact) mass is 260 g/mol. The van der Waals surface area contributed by atoms with Crippen LogP contribution in [0, 0.1) is 0 Å². The van der Waals surface area contributed by atoms with Crippen molar-refractivity contribution in [2.24, 2.45) is 0 Å². The number of benzene rings is 1. The Morgan fingerprint density at radius 1 is 1.31 bits per heavy atom. The zero-order valence-corrected chi connectivity index (χ0v) is 11.0. The molecule has 0 aromatic heterocycles. The highest BCUT2D eigenvalue weighted by Crippen LogP contribution is 2.21. The second-order valence-electron chi connectivity index (χ2n) is 4.45. The van der Waals surface area contributed by atoms with Crippen LogP contribution in [0.3, 0.4) is 0 Å². The highest BCUT2D eigenvalue weighted by atomic mass is 35.5. The van der Waals surface area contributed by atoms with Crippen molar-refractivity contribution in [3.63, 3.8) is 0 Å². The molecule has 0 radical (unpaired) electrons. The molecule has 0 heterocycles. The first-order valence-electron chi connectivity index (χ1n) is 4.92. The molecular weight excluding hydrogens is 247 g/mol. The van der Waals surface area contributed by atoms with E-state index in [9.17, 15) is 4.79 Å². The third kappa shape index (κ3) is 4.12. The Bertz CT molecular complexity index is 394. The predicted octanol–water partition coefficient (Wildman–Crippen LogP) is 3.99. The van der Waals surface area contributed by atoms with Crippen molar-refractivity contribution in [1.29, 1.82) is 0 Å². The quantitative estimate of drug-likeness (QED) is 0.769. The van der Waals surface area contributed by atoms with Gasteiger partial charge in [0.05, 0.1) is 10.6 Å². The van der Waals surface area contributed by atoms with Gasteiger partial charge in [0.15, 0.2) is 5.78 Å². The minimum absolute atomic E-state index is 0.0187. The summed E-state index contributed by atoms with van der Waals surface area (Å²) in [5, 5.41) is 0.869. The summed E-state index contributed by atoms with van der Waals surface area (Å²) in [6, 6.07) is 4.80. The average molecular weight is 261 g/mol. The van der Waals surface area contributed by atoms with E-state index in [1.807, 2.05) is 20.8 Å². The summed E-state index contributed by atoms with van der Waals surface area (Å²) >= 11 is 11.7. The molecule has 0 fully saturated rings. The fourth-order valence-electron chi connectivity index (χ4n) is 1.08. The molecule has 0 amide bonds. The summed E-state index contributed by atoms with van der Waals surface area (Å²) in [6.45, 7) is 5.70. The lowest BCUT2D eigenvalue weighted by Gasteiger charge is -2.18. The van der Waals surface area contributed by atoms with Gasteiger partial charge in [-0.3, -0.25) is 4.79 Å². The molecule has 0 aliphatic carbocycles. The van der Waals surface area contributed by atoms with Crippen molar-refractivity contribution >= 4 is 29.0 Å². The summed E-state index contributed by atoms with van der Waals surface area (Å²) < 4.78 is 5.39. The lowest BCUT2D eigenvalue weighted by atomic mass is 10.1. The maximum absolute atomic E-state index is 11.8. The van der Waals surface area contributed by atoms with Crippen LogP contribution in [0.2, 0.25) is 10.0 Å². The van der Waals surface area contributed by atoms with E-state index in [1.165, 1.54) is 0 Å². The van der Waals surface area contributed by atoms with Gasteiger partial charge in [0.25, 0.3) is 0 Å². The van der Waals surface area contributed by atoms with Crippen LogP contribution < -0.4 is 0 Å². The molecule has 0 aliphatic rings. The summed E-state index contributed by atoms with van der Waals surface area (Å²) in [6.07, 6.45) is 0. The third-order valence-electron chi connectivity index (χ3n) is 1.87. The van der Waals surface area contributed by atoms with Crippen LogP contribution >= 0.6 is 23.2 Å². The first kappa shape index (κ1) is 13.5. The zero-order chi connectivity index (χ0) is 12.3. The first-order chi connectivity index (χ1) is 7.29. The maximum Gasteiger partial charge on any atom is 0.189 e. The Labute approximate surface area is 106 Å². The van der Waals surface area contributed by atoms with E-state index in [0.29, 0.717) is 15.6 Å². The molecule has 88 valence electrons. The van der Waals surface area contributed by atoms with Gasteiger partial charge in [-0.15, -0.1) is 0 Å². The van der Waals surface area contributed by atoms with Gasteiger partial charge in [0, 0.05) is 10.6 Å². The Balaban J connectivity index is 2.74. The van der Waals surface area contributed by atoms with E-state index >= 15 is 0 Å². The van der Waals surface area contributed by atoms with Crippen molar-refractivity contribution in [2.45, 2.75) is 26.4 Å². The number of halogens is 2. The molecule has 1 aromatic carbocycles. The molecule has 0 N–H and O–H groups in total. The van der Waals surface area contributed by atoms with E-state index in [0.717, 1.165) is 0 Å². The molecule has 0 aliphatic heterocycles. The van der Waals surface area contributed by atoms with Crippen molar-refractivity contribution in [2.75, 3.05) is 6.61 Å². The predicted molar refractivity (Wildman–Crippen MR) is 66.5 cm³/mol. The smallest absolute Gasteiger partial charge is 0.189 e. The van der Waals surface area contributed by atoms with Gasteiger partial charge in [0.2, 0.25) is 0 Å². The van der Waals surface area contributed by atoms with E-state index < -0.39 is 0 Å². The molecule has 0 bridgehead atoms. The number of ether oxygens (including phenoxy) is 1. The van der Waals surface area contributed by atoms with Crippen LogP contribution in [-0.2, 0) is 4.74 Å². The van der Waals surface area contributed by atoms with Gasteiger partial charge in [-0.1, -0.05) is 23.2 Å². The van der Waals surface area contributed by atoms with Crippen LogP contribution in [0.5, 0.6) is 0 Å². The van der Waals surface area contributed by atoms with E-state index in [1.54, 1.807) is 18.2 Å². The van der Waals surface area contributed by atoms with Gasteiger partial charge >= 0.3 is 0 Å². The second kappa shape index (κ2) is 5.17. The van der Waals surface area contributed by atoms with Gasteiger partial charge in [-0.2, -0.15) is 0 Å². The van der Waals surface area contributed by atoms with E-state index in [2.05, 4.69) is 0 Å². The van der Waals surface area contributed by atoms with Crippen LogP contribution in [0.1, 0.15) is 31.1 Å². The van der Waals surface area contributed by atoms with Crippen molar-refractivity contribution in [3.8, 4) is 0 Å². The molecule has 0 spiro atoms. The van der Waals surface area contributed by atoms with Gasteiger partial charge in [0.1, 0.15) is 6.61 Å². The van der Waals surface area contributed by atoms with Crippen LogP contribution in [0.25, 0.3) is 0 Å². The lowest BCUT2D eigenvalue weighted by molar-refractivity contribution is 0.00307. The Morgan fingerprint density at radius 2 is 1.94 bits per heavy atom. The minimum Gasteiger partial charge on any atom is -0.368 e. The Hall–Kier alpha value is -0.570. The van der Waals surface area contributed by atoms with Crippen LogP contribution in [-0.4, -0.2) is 18.0 Å². The number of rotatable bonds is 3. The number of ketones is 1. The number of hydrogen-bond donors (Lipinski definition) is 0. The summed E-state index contributed by atoms with van der Waals surface area (Å²) in [5.41, 5.74) is 0.101. The largest absolute Gasteiger partial charge is 0.368 e. The van der Waals surface area contributed by atoms with Gasteiger partial charge < -0.3 is 4.74 Å². The summed E-state index contributed by atoms with van der Waals surface area (Å²) in [4.78, 5) is 11.8. The Morgan fingerprint density at radius 3 is 2.44 bits per heavy atom. The lowest BCUT2D eigenvalue weighted by Crippen LogP contribution is -2.23. The minimum atomic E-state index is -0.339. The number of carbonyl (C=O) groups is 1. The van der Waals surface area contributed by atoms with Crippen molar-refractivity contribution in [1.82, 2.24) is 0 Å². The van der Waals surface area contributed by atoms with Crippen molar-refractivity contribution < 1.29 is 9.53 Å². The highest BCUT2D eigenvalue weighted by Gasteiger charge is 2.16. The van der Waals surface area contributed by atoms with Gasteiger partial charge in [-0.25, -0.2) is 0 Å². The second-order valence-corrected chi connectivity index (χ2v) is 5.29. The molecular formula is C12H14Cl2O2. The summed E-state index contributed by atoms with van der Waals surface area (Å²) in [7, 11) is 0. The highest BCUT2D eigenvalue weighted by molar-refractivity contribution is 6.36. The van der Waals surface area contributed by atoms with Gasteiger partial charge in [-0.05, 0) is 39.0 Å². The van der Waals surface area contributed by atoms with Crippen LogP contribution in [0.4, 0.5) is 0 Å². The maximum atomic E-state index is 11.8. The van der Waals surface area contributed by atoms with Crippen LogP contribution in [0.15, 0.2) is 18.2 Å². The number of Topliss-reactive ketones (excluding diaryl/α,β-unsaturated/α-hetero) is 1. The molecule has 0 atom stereocenters. The molecule has 0 saturated heterocycles.